The minimum atomic E-state index is -1.14. The van der Waals surface area contributed by atoms with Crippen LogP contribution in [-0.2, 0) is 0 Å². The van der Waals surface area contributed by atoms with Gasteiger partial charge in [-0.15, -0.1) is 0 Å². The smallest absolute Gasteiger partial charge is 0.356 e. The van der Waals surface area contributed by atoms with Crippen molar-refractivity contribution in [2.45, 2.75) is 20.3 Å². The summed E-state index contributed by atoms with van der Waals surface area (Å²) < 4.78 is 0. The number of nitrogens with zero attached hydrogens (tertiary/aromatic N) is 3. The zero-order chi connectivity index (χ0) is 14.7. The summed E-state index contributed by atoms with van der Waals surface area (Å²) in [6, 6.07) is 0. The number of carboxylic acids is 1. The number of carbonyl (C=O) groups is 2. The Balaban J connectivity index is 2.12. The first-order valence-corrected chi connectivity index (χ1v) is 7.57. The average Bonchev–Trinajstić information content (AvgIpc) is 2.85. The zero-order valence-corrected chi connectivity index (χ0v) is 12.6. The minimum absolute atomic E-state index is 0.117. The third kappa shape index (κ3) is 3.16. The predicted octanol–water partition coefficient (Wildman–Crippen LogP) is 1.58. The maximum absolute atomic E-state index is 11.5. The fourth-order valence-corrected chi connectivity index (χ4v) is 3.31. The third-order valence-electron chi connectivity index (χ3n) is 3.32. The van der Waals surface area contributed by atoms with Crippen LogP contribution in [0, 0.1) is 0 Å². The highest BCUT2D eigenvalue weighted by molar-refractivity contribution is 7.17. The summed E-state index contributed by atoms with van der Waals surface area (Å²) in [5.41, 5.74) is -0.117. The van der Waals surface area contributed by atoms with Gasteiger partial charge in [0.25, 0.3) is 0 Å². The van der Waals surface area contributed by atoms with Crippen LogP contribution in [0.4, 0.5) is 5.13 Å². The molecule has 1 fully saturated rings. The molecule has 0 unspecified atom stereocenters. The Bertz CT molecular complexity index is 475. The van der Waals surface area contributed by atoms with Crippen molar-refractivity contribution in [1.29, 1.82) is 0 Å². The molecule has 1 aromatic heterocycles. The lowest BCUT2D eigenvalue weighted by Gasteiger charge is -2.34. The molecule has 6 nitrogen and oxygen atoms in total. The molecule has 0 aliphatic carbocycles. The molecule has 110 valence electrons. The van der Waals surface area contributed by atoms with Crippen LogP contribution in [0.25, 0.3) is 0 Å². The normalized spacial score (nSPS) is 16.4. The number of carboxylic acid groups (broad SMARTS) is 1. The lowest BCUT2D eigenvalue weighted by molar-refractivity contribution is 0.0687. The van der Waals surface area contributed by atoms with E-state index in [9.17, 15) is 9.59 Å². The number of rotatable bonds is 5. The third-order valence-corrected chi connectivity index (χ3v) is 4.54. The van der Waals surface area contributed by atoms with Crippen molar-refractivity contribution in [2.75, 3.05) is 37.6 Å². The number of piperazine rings is 1. The maximum atomic E-state index is 11.5. The van der Waals surface area contributed by atoms with Gasteiger partial charge in [-0.3, -0.25) is 9.69 Å². The van der Waals surface area contributed by atoms with Crippen LogP contribution >= 0.6 is 11.3 Å². The Morgan fingerprint density at radius 3 is 2.40 bits per heavy atom. The first kappa shape index (κ1) is 14.9. The first-order valence-electron chi connectivity index (χ1n) is 6.75. The molecule has 0 amide bonds. The molecule has 7 heteroatoms. The Kier molecular flexibility index (Phi) is 4.72. The van der Waals surface area contributed by atoms with Crippen molar-refractivity contribution in [1.82, 2.24) is 9.88 Å². The molecule has 1 aromatic rings. The minimum Gasteiger partial charge on any atom is -0.476 e. The van der Waals surface area contributed by atoms with Crippen molar-refractivity contribution in [2.24, 2.45) is 0 Å². The molecule has 1 aliphatic rings. The number of carbonyl (C=O) groups excluding carboxylic acids is 1. The number of hydrogen-bond donors (Lipinski definition) is 1. The number of thiazole rings is 1. The molecule has 0 atom stereocenters. The van der Waals surface area contributed by atoms with Gasteiger partial charge in [0.2, 0.25) is 0 Å². The summed E-state index contributed by atoms with van der Waals surface area (Å²) in [5.74, 6) is -1.38. The second-order valence-corrected chi connectivity index (χ2v) is 5.84. The van der Waals surface area contributed by atoms with Gasteiger partial charge in [-0.2, -0.15) is 0 Å². The molecular formula is C13H19N3O3S. The number of ketones is 1. The van der Waals surface area contributed by atoms with Crippen LogP contribution in [0.1, 0.15) is 40.4 Å². The summed E-state index contributed by atoms with van der Waals surface area (Å²) >= 11 is 1.18. The van der Waals surface area contributed by atoms with Gasteiger partial charge in [0.1, 0.15) is 4.88 Å². The molecule has 2 rings (SSSR count). The number of anilines is 1. The topological polar surface area (TPSA) is 73.7 Å². The lowest BCUT2D eigenvalue weighted by atomic mass is 10.3. The predicted molar refractivity (Wildman–Crippen MR) is 78.0 cm³/mol. The number of aromatic carboxylic acids is 1. The van der Waals surface area contributed by atoms with Gasteiger partial charge in [0.15, 0.2) is 16.6 Å². The van der Waals surface area contributed by atoms with Crippen LogP contribution in [0.5, 0.6) is 0 Å². The molecule has 1 aliphatic heterocycles. The van der Waals surface area contributed by atoms with E-state index in [-0.39, 0.29) is 16.4 Å². The van der Waals surface area contributed by atoms with Crippen molar-refractivity contribution >= 4 is 28.2 Å². The Morgan fingerprint density at radius 2 is 1.95 bits per heavy atom. The highest BCUT2D eigenvalue weighted by Gasteiger charge is 2.25. The van der Waals surface area contributed by atoms with E-state index in [0.29, 0.717) is 5.13 Å². The Morgan fingerprint density at radius 1 is 1.30 bits per heavy atom. The van der Waals surface area contributed by atoms with Crippen LogP contribution in [0.3, 0.4) is 0 Å². The van der Waals surface area contributed by atoms with Gasteiger partial charge in [-0.25, -0.2) is 9.78 Å². The second-order valence-electron chi connectivity index (χ2n) is 4.86. The SMILES string of the molecule is CCCN1CCN(c2nc(C(=O)O)c(C(C)=O)s2)CC1. The summed E-state index contributed by atoms with van der Waals surface area (Å²) in [5, 5.41) is 9.75. The highest BCUT2D eigenvalue weighted by atomic mass is 32.1. The number of hydrogen-bond acceptors (Lipinski definition) is 6. The largest absolute Gasteiger partial charge is 0.476 e. The quantitative estimate of drug-likeness (QED) is 0.832. The Labute approximate surface area is 122 Å². The summed E-state index contributed by atoms with van der Waals surface area (Å²) in [6.45, 7) is 8.17. The summed E-state index contributed by atoms with van der Waals surface area (Å²) in [6.07, 6.45) is 1.13. The van der Waals surface area contributed by atoms with Crippen LogP contribution in [0.2, 0.25) is 0 Å². The molecule has 2 heterocycles. The van der Waals surface area contributed by atoms with E-state index in [2.05, 4.69) is 21.7 Å². The molecule has 0 bridgehead atoms. The molecule has 1 N–H and O–H groups in total. The summed E-state index contributed by atoms with van der Waals surface area (Å²) in [7, 11) is 0. The molecule has 0 aromatic carbocycles. The van der Waals surface area contributed by atoms with Gasteiger partial charge in [0.05, 0.1) is 0 Å². The van der Waals surface area contributed by atoms with Gasteiger partial charge in [-0.05, 0) is 13.0 Å². The zero-order valence-electron chi connectivity index (χ0n) is 11.8. The lowest BCUT2D eigenvalue weighted by Crippen LogP contribution is -2.46. The van der Waals surface area contributed by atoms with Crippen LogP contribution in [-0.4, -0.2) is 59.5 Å². The molecule has 0 radical (unpaired) electrons. The van der Waals surface area contributed by atoms with Crippen molar-refractivity contribution in [3.63, 3.8) is 0 Å². The van der Waals surface area contributed by atoms with Crippen molar-refractivity contribution < 1.29 is 14.7 Å². The molecule has 0 spiro atoms. The average molecular weight is 297 g/mol. The van der Waals surface area contributed by atoms with E-state index in [4.69, 9.17) is 5.11 Å². The maximum Gasteiger partial charge on any atom is 0.356 e. The van der Waals surface area contributed by atoms with E-state index in [1.807, 2.05) is 0 Å². The highest BCUT2D eigenvalue weighted by Crippen LogP contribution is 2.27. The standard InChI is InChI=1S/C13H19N3O3S/c1-3-4-15-5-7-16(8-6-15)13-14-10(12(18)19)11(20-13)9(2)17/h3-8H2,1-2H3,(H,18,19). The van der Waals surface area contributed by atoms with Crippen LogP contribution < -0.4 is 4.90 Å². The first-order chi connectivity index (χ1) is 9.52. The van der Waals surface area contributed by atoms with E-state index in [1.54, 1.807) is 0 Å². The van der Waals surface area contributed by atoms with E-state index in [1.165, 1.54) is 18.3 Å². The van der Waals surface area contributed by atoms with E-state index in [0.717, 1.165) is 39.1 Å². The van der Waals surface area contributed by atoms with Crippen LogP contribution in [0.15, 0.2) is 0 Å². The number of aromatic nitrogens is 1. The molecule has 0 saturated carbocycles. The van der Waals surface area contributed by atoms with Gasteiger partial charge >= 0.3 is 5.97 Å². The molecular weight excluding hydrogens is 278 g/mol. The molecule has 1 saturated heterocycles. The molecule has 20 heavy (non-hydrogen) atoms. The van der Waals surface area contributed by atoms with Gasteiger partial charge < -0.3 is 10.0 Å². The van der Waals surface area contributed by atoms with E-state index < -0.39 is 5.97 Å². The van der Waals surface area contributed by atoms with E-state index >= 15 is 0 Å². The van der Waals surface area contributed by atoms with Gasteiger partial charge in [-0.1, -0.05) is 18.3 Å². The second kappa shape index (κ2) is 6.32. The van der Waals surface area contributed by atoms with Crippen molar-refractivity contribution in [3.05, 3.63) is 10.6 Å². The number of Topliss-reactive ketones (excluding diaryl/α,β-unsaturated/α-hetero) is 1. The fraction of sp³-hybridized carbons (Fsp3) is 0.615. The van der Waals surface area contributed by atoms with Crippen molar-refractivity contribution in [3.8, 4) is 0 Å². The fourth-order valence-electron chi connectivity index (χ4n) is 2.31. The van der Waals surface area contributed by atoms with Gasteiger partial charge in [0, 0.05) is 33.1 Å². The summed E-state index contributed by atoms with van der Waals surface area (Å²) in [4.78, 5) is 31.4. The Hall–Kier alpha value is -1.47. The monoisotopic (exact) mass is 297 g/mol.